The Hall–Kier alpha value is -1.10. The first kappa shape index (κ1) is 9.98. The Morgan fingerprint density at radius 3 is 2.62 bits per heavy atom. The third kappa shape index (κ3) is 1.80. The molecule has 0 fully saturated rings. The molecule has 2 nitrogen and oxygen atoms in total. The van der Waals surface area contributed by atoms with Crippen LogP contribution in [0.15, 0.2) is 6.20 Å². The van der Waals surface area contributed by atoms with E-state index < -0.39 is 17.8 Å². The first-order valence-corrected chi connectivity index (χ1v) is 3.70. The molecule has 0 spiro atoms. The van der Waals surface area contributed by atoms with E-state index in [4.69, 9.17) is 5.73 Å². The van der Waals surface area contributed by atoms with Crippen molar-refractivity contribution in [2.45, 2.75) is 19.9 Å². The van der Waals surface area contributed by atoms with Crippen molar-refractivity contribution in [3.05, 3.63) is 28.8 Å². The Morgan fingerprint density at radius 1 is 1.54 bits per heavy atom. The number of hydrogen-bond acceptors (Lipinski definition) is 2. The Kier molecular flexibility index (Phi) is 2.87. The molecule has 1 aromatic rings. The zero-order valence-corrected chi connectivity index (χ0v) is 7.02. The number of nitrogens with two attached hydrogens (primary N) is 1. The first-order valence-electron chi connectivity index (χ1n) is 3.70. The smallest absolute Gasteiger partial charge is 0.267 e. The topological polar surface area (TPSA) is 38.9 Å². The second-order valence-electron chi connectivity index (χ2n) is 2.62. The van der Waals surface area contributed by atoms with Crippen LogP contribution in [0.25, 0.3) is 0 Å². The number of pyridine rings is 1. The van der Waals surface area contributed by atoms with E-state index in [9.17, 15) is 13.2 Å². The largest absolute Gasteiger partial charge is 0.325 e. The molecule has 1 heterocycles. The summed E-state index contributed by atoms with van der Waals surface area (Å²) in [6.07, 6.45) is -1.62. The molecule has 0 saturated heterocycles. The molecule has 0 amide bonds. The standard InChI is InChI=1S/C8H9F3N2/c1-4-3-13-5(2-12)7(9)6(4)8(10)11/h3,8H,2,12H2,1H3. The van der Waals surface area contributed by atoms with Crippen LogP contribution in [-0.4, -0.2) is 4.98 Å². The Labute approximate surface area is 73.6 Å². The summed E-state index contributed by atoms with van der Waals surface area (Å²) in [5.41, 5.74) is 4.54. The molecule has 0 atom stereocenters. The van der Waals surface area contributed by atoms with Crippen LogP contribution in [0.5, 0.6) is 0 Å². The van der Waals surface area contributed by atoms with Gasteiger partial charge >= 0.3 is 0 Å². The van der Waals surface area contributed by atoms with Gasteiger partial charge in [0.2, 0.25) is 0 Å². The van der Waals surface area contributed by atoms with E-state index >= 15 is 0 Å². The third-order valence-corrected chi connectivity index (χ3v) is 1.74. The molecule has 0 aliphatic rings. The summed E-state index contributed by atoms with van der Waals surface area (Å²) >= 11 is 0. The van der Waals surface area contributed by atoms with Crippen LogP contribution in [-0.2, 0) is 6.54 Å². The number of aryl methyl sites for hydroxylation is 1. The summed E-state index contributed by atoms with van der Waals surface area (Å²) in [4.78, 5) is 3.61. The van der Waals surface area contributed by atoms with Gasteiger partial charge in [0, 0.05) is 12.7 Å². The molecule has 0 saturated carbocycles. The lowest BCUT2D eigenvalue weighted by Gasteiger charge is -2.08. The zero-order chi connectivity index (χ0) is 10.0. The van der Waals surface area contributed by atoms with E-state index in [-0.39, 0.29) is 17.8 Å². The van der Waals surface area contributed by atoms with E-state index in [2.05, 4.69) is 4.98 Å². The number of rotatable bonds is 2. The van der Waals surface area contributed by atoms with Crippen LogP contribution in [0.3, 0.4) is 0 Å². The van der Waals surface area contributed by atoms with Gasteiger partial charge in [0.1, 0.15) is 0 Å². The second kappa shape index (κ2) is 3.74. The van der Waals surface area contributed by atoms with Crippen molar-refractivity contribution in [3.63, 3.8) is 0 Å². The Bertz CT molecular complexity index is 313. The van der Waals surface area contributed by atoms with Crippen molar-refractivity contribution in [1.29, 1.82) is 0 Å². The van der Waals surface area contributed by atoms with Gasteiger partial charge in [-0.15, -0.1) is 0 Å². The number of alkyl halides is 2. The van der Waals surface area contributed by atoms with E-state index in [1.807, 2.05) is 0 Å². The quantitative estimate of drug-likeness (QED) is 0.773. The summed E-state index contributed by atoms with van der Waals surface area (Å²) in [5.74, 6) is -0.988. The molecule has 0 aliphatic heterocycles. The van der Waals surface area contributed by atoms with Gasteiger partial charge in [-0.3, -0.25) is 4.98 Å². The van der Waals surface area contributed by atoms with Crippen LogP contribution in [0.4, 0.5) is 13.2 Å². The van der Waals surface area contributed by atoms with E-state index in [0.29, 0.717) is 0 Å². The fourth-order valence-corrected chi connectivity index (χ4v) is 1.04. The lowest BCUT2D eigenvalue weighted by atomic mass is 10.1. The van der Waals surface area contributed by atoms with Gasteiger partial charge in [-0.25, -0.2) is 13.2 Å². The minimum Gasteiger partial charge on any atom is -0.325 e. The monoisotopic (exact) mass is 190 g/mol. The Morgan fingerprint density at radius 2 is 2.15 bits per heavy atom. The highest BCUT2D eigenvalue weighted by Crippen LogP contribution is 2.26. The van der Waals surface area contributed by atoms with E-state index in [1.54, 1.807) is 0 Å². The summed E-state index contributed by atoms with van der Waals surface area (Å²) in [7, 11) is 0. The number of halogens is 3. The van der Waals surface area contributed by atoms with Crippen LogP contribution in [0, 0.1) is 12.7 Å². The zero-order valence-electron chi connectivity index (χ0n) is 7.02. The van der Waals surface area contributed by atoms with Crippen LogP contribution >= 0.6 is 0 Å². The highest BCUT2D eigenvalue weighted by molar-refractivity contribution is 5.28. The molecule has 0 aliphatic carbocycles. The van der Waals surface area contributed by atoms with E-state index in [0.717, 1.165) is 0 Å². The lowest BCUT2D eigenvalue weighted by molar-refractivity contribution is 0.145. The van der Waals surface area contributed by atoms with Crippen molar-refractivity contribution < 1.29 is 13.2 Å². The molecule has 0 unspecified atom stereocenters. The second-order valence-corrected chi connectivity index (χ2v) is 2.62. The van der Waals surface area contributed by atoms with Crippen molar-refractivity contribution in [2.24, 2.45) is 5.73 Å². The van der Waals surface area contributed by atoms with Crippen LogP contribution < -0.4 is 5.73 Å². The summed E-state index contributed by atoms with van der Waals surface area (Å²) < 4.78 is 37.8. The highest BCUT2D eigenvalue weighted by atomic mass is 19.3. The lowest BCUT2D eigenvalue weighted by Crippen LogP contribution is -2.07. The van der Waals surface area contributed by atoms with Crippen LogP contribution in [0.2, 0.25) is 0 Å². The van der Waals surface area contributed by atoms with Crippen molar-refractivity contribution >= 4 is 0 Å². The normalized spacial score (nSPS) is 10.9. The molecule has 5 heteroatoms. The summed E-state index contributed by atoms with van der Waals surface area (Å²) in [6, 6.07) is 0. The predicted octanol–water partition coefficient (Wildman–Crippen LogP) is 1.93. The van der Waals surface area contributed by atoms with Gasteiger partial charge in [0.05, 0.1) is 11.3 Å². The minimum absolute atomic E-state index is 0.124. The Balaban J connectivity index is 3.30. The average Bonchev–Trinajstić information content (AvgIpc) is 2.04. The van der Waals surface area contributed by atoms with Gasteiger partial charge in [-0.05, 0) is 12.5 Å². The maximum absolute atomic E-state index is 13.2. The van der Waals surface area contributed by atoms with Gasteiger partial charge < -0.3 is 5.73 Å². The van der Waals surface area contributed by atoms with Crippen molar-refractivity contribution in [3.8, 4) is 0 Å². The maximum atomic E-state index is 13.2. The molecule has 1 aromatic heterocycles. The van der Waals surface area contributed by atoms with Gasteiger partial charge in [0.25, 0.3) is 6.43 Å². The molecule has 0 aromatic carbocycles. The first-order chi connectivity index (χ1) is 6.07. The number of aromatic nitrogens is 1. The SMILES string of the molecule is Cc1cnc(CN)c(F)c1C(F)F. The fourth-order valence-electron chi connectivity index (χ4n) is 1.04. The van der Waals surface area contributed by atoms with Crippen molar-refractivity contribution in [1.82, 2.24) is 4.98 Å². The molecule has 0 radical (unpaired) electrons. The summed E-state index contributed by atoms with van der Waals surface area (Å²) in [5, 5.41) is 0. The maximum Gasteiger partial charge on any atom is 0.267 e. The van der Waals surface area contributed by atoms with Crippen LogP contribution in [0.1, 0.15) is 23.2 Å². The predicted molar refractivity (Wildman–Crippen MR) is 41.8 cm³/mol. The molecule has 0 bridgehead atoms. The molecular formula is C8H9F3N2. The highest BCUT2D eigenvalue weighted by Gasteiger charge is 2.19. The average molecular weight is 190 g/mol. The summed E-state index contributed by atoms with van der Waals surface area (Å²) in [6.45, 7) is 1.21. The van der Waals surface area contributed by atoms with Gasteiger partial charge in [-0.2, -0.15) is 0 Å². The van der Waals surface area contributed by atoms with E-state index in [1.165, 1.54) is 13.1 Å². The van der Waals surface area contributed by atoms with Gasteiger partial charge in [0.15, 0.2) is 5.82 Å². The van der Waals surface area contributed by atoms with Crippen molar-refractivity contribution in [2.75, 3.05) is 0 Å². The fraction of sp³-hybridized carbons (Fsp3) is 0.375. The molecular weight excluding hydrogens is 181 g/mol. The van der Waals surface area contributed by atoms with Gasteiger partial charge in [-0.1, -0.05) is 0 Å². The number of nitrogens with zero attached hydrogens (tertiary/aromatic N) is 1. The molecule has 72 valence electrons. The number of hydrogen-bond donors (Lipinski definition) is 1. The third-order valence-electron chi connectivity index (χ3n) is 1.74. The molecule has 2 N–H and O–H groups in total. The minimum atomic E-state index is -2.83. The molecule has 13 heavy (non-hydrogen) atoms. The molecule has 1 rings (SSSR count).